The fraction of sp³-hybridized carbons (Fsp3) is 0.735. The molecule has 1 atom stereocenters. The Kier molecular flexibility index (Phi) is 27.3. The molecule has 0 N–H and O–H groups in total. The second-order valence-electron chi connectivity index (χ2n) is 10.9. The van der Waals surface area contributed by atoms with E-state index in [1.54, 1.807) is 18.5 Å². The van der Waals surface area contributed by atoms with Gasteiger partial charge in [0.2, 0.25) is 6.21 Å². The zero-order valence-electron chi connectivity index (χ0n) is 26.2. The summed E-state index contributed by atoms with van der Waals surface area (Å²) < 4.78 is 17.8. The van der Waals surface area contributed by atoms with Gasteiger partial charge in [-0.15, -0.1) is 0 Å². The highest BCUT2D eigenvalue weighted by Gasteiger charge is 2.13. The van der Waals surface area contributed by atoms with Crippen molar-refractivity contribution in [3.8, 4) is 6.01 Å². The molecular formula is C34H57ClN3O3S. The highest BCUT2D eigenvalue weighted by Crippen LogP contribution is 2.14. The molecule has 6 nitrogen and oxygen atoms in total. The Morgan fingerprint density at radius 3 is 1.95 bits per heavy atom. The number of ether oxygens (including phenoxy) is 3. The van der Waals surface area contributed by atoms with Crippen LogP contribution in [0.15, 0.2) is 42.4 Å². The summed E-state index contributed by atoms with van der Waals surface area (Å²) in [4.78, 5) is 12.8. The van der Waals surface area contributed by atoms with Gasteiger partial charge in [-0.2, -0.15) is 11.8 Å². The highest BCUT2D eigenvalue weighted by molar-refractivity contribution is 7.99. The molecule has 1 aliphatic rings. The van der Waals surface area contributed by atoms with Gasteiger partial charge in [0.1, 0.15) is 6.10 Å². The smallest absolute Gasteiger partial charge is 0.316 e. The number of halogens is 1. The first-order valence-corrected chi connectivity index (χ1v) is 17.6. The largest absolute Gasteiger partial charge is 1.00 e. The van der Waals surface area contributed by atoms with Gasteiger partial charge in [-0.3, -0.25) is 0 Å². The van der Waals surface area contributed by atoms with E-state index in [1.165, 1.54) is 96.3 Å². The summed E-state index contributed by atoms with van der Waals surface area (Å²) in [5.41, 5.74) is 1.07. The van der Waals surface area contributed by atoms with Crippen LogP contribution >= 0.6 is 11.8 Å². The number of hydrogen-bond acceptors (Lipinski definition) is 7. The maximum Gasteiger partial charge on any atom is 0.316 e. The lowest BCUT2D eigenvalue weighted by molar-refractivity contribution is -0.0000109. The van der Waals surface area contributed by atoms with E-state index >= 15 is 0 Å². The fourth-order valence-electron chi connectivity index (χ4n) is 4.74. The zero-order valence-corrected chi connectivity index (χ0v) is 27.8. The molecule has 0 fully saturated rings. The molecular weight excluding hydrogens is 566 g/mol. The summed E-state index contributed by atoms with van der Waals surface area (Å²) in [6.45, 7) is 5.04. The van der Waals surface area contributed by atoms with E-state index in [0.29, 0.717) is 25.8 Å². The second kappa shape index (κ2) is 29.7. The summed E-state index contributed by atoms with van der Waals surface area (Å²) in [5, 5.41) is 0. The Morgan fingerprint density at radius 2 is 1.36 bits per heavy atom. The quantitative estimate of drug-likeness (QED) is 0.110. The first-order valence-electron chi connectivity index (χ1n) is 16.4. The van der Waals surface area contributed by atoms with Crippen LogP contribution in [0.2, 0.25) is 0 Å². The van der Waals surface area contributed by atoms with Gasteiger partial charge in [0.05, 0.1) is 31.2 Å². The molecule has 239 valence electrons. The standard InChI is InChI=1S/C34H57N3O3S.ClH/c1-2-3-4-5-6-7-8-9-10-11-12-13-14-15-16-19-26-39-30-33(40-34-36-24-20-25-37-34)31-41-29-28-38-27-22-32-21-17-18-23-35-32;/h17-18,20-21,23-25,33H,2-16,19,22,26-31H2,1H3;1H/q+1;/p-1. The third-order valence-electron chi connectivity index (χ3n) is 7.16. The highest BCUT2D eigenvalue weighted by atomic mass is 35.5. The summed E-state index contributed by atoms with van der Waals surface area (Å²) in [6.07, 6.45) is 34.1. The van der Waals surface area contributed by atoms with Crippen molar-refractivity contribution >= 4 is 18.0 Å². The van der Waals surface area contributed by atoms with E-state index in [0.717, 1.165) is 36.7 Å². The number of nitrogens with zero attached hydrogens (tertiary/aromatic N) is 3. The van der Waals surface area contributed by atoms with Crippen LogP contribution in [0, 0.1) is 0 Å². The molecule has 0 aliphatic carbocycles. The van der Waals surface area contributed by atoms with Gasteiger partial charge >= 0.3 is 6.01 Å². The average molecular weight is 623 g/mol. The summed E-state index contributed by atoms with van der Waals surface area (Å²) in [7, 11) is 0. The first kappa shape index (κ1) is 38.6. The van der Waals surface area contributed by atoms with Crippen molar-refractivity contribution < 1.29 is 26.6 Å². The molecule has 0 spiro atoms. The molecule has 1 aromatic heterocycles. The van der Waals surface area contributed by atoms with Gasteiger partial charge in [0.25, 0.3) is 5.70 Å². The SMILES string of the molecule is CCCCCCCCCCCCCCCCCCOCC(CSCCOCCC1=CC=CC=[N+]1)Oc1ncccn1.[Cl-]. The minimum Gasteiger partial charge on any atom is -1.00 e. The molecule has 1 aromatic rings. The number of allylic oxidation sites excluding steroid dienone is 3. The van der Waals surface area contributed by atoms with Crippen LogP contribution in [0.25, 0.3) is 0 Å². The maximum absolute atomic E-state index is 6.02. The molecule has 0 saturated carbocycles. The lowest BCUT2D eigenvalue weighted by Crippen LogP contribution is -3.00. The minimum atomic E-state index is -0.0722. The molecule has 0 amide bonds. The van der Waals surface area contributed by atoms with Gasteiger partial charge in [-0.25, -0.2) is 9.97 Å². The van der Waals surface area contributed by atoms with Gasteiger partial charge in [-0.05, 0) is 18.6 Å². The number of thioether (sulfide) groups is 1. The molecule has 0 aromatic carbocycles. The fourth-order valence-corrected chi connectivity index (χ4v) is 5.57. The number of rotatable bonds is 29. The van der Waals surface area contributed by atoms with Crippen molar-refractivity contribution in [1.82, 2.24) is 15.0 Å². The van der Waals surface area contributed by atoms with E-state index in [1.807, 2.05) is 36.2 Å². The Hall–Kier alpha value is -1.41. The lowest BCUT2D eigenvalue weighted by atomic mass is 10.0. The van der Waals surface area contributed by atoms with Gasteiger partial charge < -0.3 is 26.6 Å². The molecule has 42 heavy (non-hydrogen) atoms. The van der Waals surface area contributed by atoms with Crippen LogP contribution in [-0.2, 0) is 9.47 Å². The molecule has 2 heterocycles. The van der Waals surface area contributed by atoms with Crippen molar-refractivity contribution in [2.24, 2.45) is 0 Å². The van der Waals surface area contributed by atoms with Gasteiger partial charge in [0.15, 0.2) is 0 Å². The second-order valence-corrected chi connectivity index (χ2v) is 12.1. The Balaban J connectivity index is 0.00000882. The van der Waals surface area contributed by atoms with Crippen LogP contribution in [-0.4, -0.2) is 60.2 Å². The van der Waals surface area contributed by atoms with Gasteiger partial charge in [0, 0.05) is 42.7 Å². The number of aromatic nitrogens is 2. The van der Waals surface area contributed by atoms with Crippen molar-refractivity contribution in [2.45, 2.75) is 122 Å². The third-order valence-corrected chi connectivity index (χ3v) is 8.23. The van der Waals surface area contributed by atoms with Crippen LogP contribution in [0.3, 0.4) is 0 Å². The first-order chi connectivity index (χ1) is 20.4. The van der Waals surface area contributed by atoms with E-state index in [-0.39, 0.29) is 18.5 Å². The van der Waals surface area contributed by atoms with Crippen LogP contribution in [0.1, 0.15) is 116 Å². The van der Waals surface area contributed by atoms with Gasteiger partial charge in [-0.1, -0.05) is 103 Å². The molecule has 0 bridgehead atoms. The average Bonchev–Trinajstić information content (AvgIpc) is 3.01. The van der Waals surface area contributed by atoms with Crippen molar-refractivity contribution in [1.29, 1.82) is 0 Å². The monoisotopic (exact) mass is 622 g/mol. The maximum atomic E-state index is 6.02. The van der Waals surface area contributed by atoms with Crippen LogP contribution in [0.4, 0.5) is 0 Å². The molecule has 0 saturated heterocycles. The molecule has 8 heteroatoms. The Morgan fingerprint density at radius 1 is 0.738 bits per heavy atom. The van der Waals surface area contributed by atoms with Crippen molar-refractivity contribution in [3.63, 3.8) is 0 Å². The Bertz CT molecular complexity index is 810. The van der Waals surface area contributed by atoms with Crippen molar-refractivity contribution in [3.05, 3.63) is 42.4 Å². The minimum absolute atomic E-state index is 0. The van der Waals surface area contributed by atoms with Crippen LogP contribution in [0.5, 0.6) is 6.01 Å². The topological polar surface area (TPSA) is 67.6 Å². The summed E-state index contributed by atoms with van der Waals surface area (Å²) in [5.74, 6) is 1.73. The van der Waals surface area contributed by atoms with E-state index in [2.05, 4.69) is 21.9 Å². The summed E-state index contributed by atoms with van der Waals surface area (Å²) >= 11 is 1.82. The number of aliphatic imine (C=N–C) groups is 1. The van der Waals surface area contributed by atoms with Crippen molar-refractivity contribution in [2.75, 3.05) is 37.9 Å². The molecule has 1 aliphatic heterocycles. The van der Waals surface area contributed by atoms with E-state index in [4.69, 9.17) is 14.2 Å². The number of hydrogen-bond donors (Lipinski definition) is 0. The molecule has 1 radical (unpaired) electrons. The van der Waals surface area contributed by atoms with E-state index in [9.17, 15) is 0 Å². The predicted molar refractivity (Wildman–Crippen MR) is 175 cm³/mol. The molecule has 1 unspecified atom stereocenters. The third kappa shape index (κ3) is 23.1. The Labute approximate surface area is 267 Å². The normalized spacial score (nSPS) is 13.1. The zero-order chi connectivity index (χ0) is 28.9. The summed E-state index contributed by atoms with van der Waals surface area (Å²) in [6, 6.07) is 2.21. The predicted octanol–water partition coefficient (Wildman–Crippen LogP) is 5.51. The van der Waals surface area contributed by atoms with E-state index < -0.39 is 0 Å². The van der Waals surface area contributed by atoms with Crippen LogP contribution < -0.4 is 22.1 Å². The lowest BCUT2D eigenvalue weighted by Gasteiger charge is -2.17. The molecule has 2 rings (SSSR count). The number of unbranched alkanes of at least 4 members (excludes halogenated alkanes) is 15.